The number of unbranched alkanes of at least 4 members (excludes halogenated alkanes) is 1. The lowest BCUT2D eigenvalue weighted by Gasteiger charge is -2.05. The monoisotopic (exact) mass is 223 g/mol. The molecule has 6 heteroatoms. The van der Waals surface area contributed by atoms with E-state index in [4.69, 9.17) is 10.5 Å². The van der Waals surface area contributed by atoms with Crippen LogP contribution in [0.1, 0.15) is 12.8 Å². The molecule has 1 aromatic heterocycles. The summed E-state index contributed by atoms with van der Waals surface area (Å²) in [4.78, 5) is 13.9. The number of hydrogen-bond donors (Lipinski definition) is 1. The molecule has 1 aromatic rings. The molecule has 16 heavy (non-hydrogen) atoms. The highest BCUT2D eigenvalue weighted by Gasteiger charge is 2.16. The fourth-order valence-electron chi connectivity index (χ4n) is 1.09. The Morgan fingerprint density at radius 2 is 2.38 bits per heavy atom. The number of pyridine rings is 1. The van der Waals surface area contributed by atoms with Crippen LogP contribution >= 0.6 is 0 Å². The zero-order valence-corrected chi connectivity index (χ0v) is 8.76. The summed E-state index contributed by atoms with van der Waals surface area (Å²) >= 11 is 0. The summed E-state index contributed by atoms with van der Waals surface area (Å²) in [6.45, 7) is 3.92. The number of nitrogens with zero attached hydrogens (tertiary/aromatic N) is 2. The van der Waals surface area contributed by atoms with Crippen LogP contribution in [0.25, 0.3) is 0 Å². The molecule has 0 aliphatic rings. The van der Waals surface area contributed by atoms with Crippen LogP contribution in [0, 0.1) is 10.1 Å². The zero-order chi connectivity index (χ0) is 12.0. The van der Waals surface area contributed by atoms with Crippen LogP contribution in [0.3, 0.4) is 0 Å². The number of nitro groups is 1. The van der Waals surface area contributed by atoms with Gasteiger partial charge in [0.15, 0.2) is 0 Å². The van der Waals surface area contributed by atoms with Gasteiger partial charge in [0.1, 0.15) is 5.82 Å². The Labute approximate surface area is 92.9 Å². The normalized spacial score (nSPS) is 9.75. The predicted molar refractivity (Wildman–Crippen MR) is 60.2 cm³/mol. The summed E-state index contributed by atoms with van der Waals surface area (Å²) in [5.74, 6) is 0.165. The van der Waals surface area contributed by atoms with Crippen molar-refractivity contribution < 1.29 is 9.66 Å². The van der Waals surface area contributed by atoms with E-state index >= 15 is 0 Å². The lowest BCUT2D eigenvalue weighted by molar-refractivity contribution is -0.386. The van der Waals surface area contributed by atoms with Gasteiger partial charge in [0.05, 0.1) is 11.5 Å². The van der Waals surface area contributed by atoms with Crippen molar-refractivity contribution in [3.8, 4) is 5.88 Å². The van der Waals surface area contributed by atoms with Gasteiger partial charge < -0.3 is 10.5 Å². The maximum Gasteiger partial charge on any atom is 0.331 e. The fraction of sp³-hybridized carbons (Fsp3) is 0.300. The van der Waals surface area contributed by atoms with Gasteiger partial charge in [-0.25, -0.2) is 0 Å². The number of anilines is 1. The first kappa shape index (κ1) is 12.0. The largest absolute Gasteiger partial charge is 0.473 e. The Hall–Kier alpha value is -2.11. The topological polar surface area (TPSA) is 91.3 Å². The van der Waals surface area contributed by atoms with E-state index in [-0.39, 0.29) is 17.4 Å². The standard InChI is InChI=1S/C10H13N3O3/c1-2-3-4-7-16-10-8(13(14)15)5-6-9(11)12-10/h2,5-6H,1,3-4,7H2,(H2,11,12). The molecule has 1 heterocycles. The molecule has 0 fully saturated rings. The number of rotatable bonds is 6. The van der Waals surface area contributed by atoms with Gasteiger partial charge in [0, 0.05) is 6.07 Å². The molecule has 0 radical (unpaired) electrons. The third-order valence-electron chi connectivity index (χ3n) is 1.85. The van der Waals surface area contributed by atoms with Crippen molar-refractivity contribution in [3.05, 3.63) is 34.9 Å². The molecule has 0 spiro atoms. The molecule has 0 saturated heterocycles. The Kier molecular flexibility index (Phi) is 4.26. The van der Waals surface area contributed by atoms with Crippen molar-refractivity contribution in [2.75, 3.05) is 12.3 Å². The molecule has 0 amide bonds. The van der Waals surface area contributed by atoms with Crippen molar-refractivity contribution in [1.82, 2.24) is 4.98 Å². The molecule has 6 nitrogen and oxygen atoms in total. The average Bonchev–Trinajstić information content (AvgIpc) is 2.24. The quantitative estimate of drug-likeness (QED) is 0.344. The van der Waals surface area contributed by atoms with E-state index < -0.39 is 4.92 Å². The minimum absolute atomic E-state index is 0.0333. The van der Waals surface area contributed by atoms with E-state index in [1.54, 1.807) is 6.08 Å². The predicted octanol–water partition coefficient (Wildman–Crippen LogP) is 1.92. The molecule has 1 rings (SSSR count). The molecule has 0 bridgehead atoms. The number of aromatic nitrogens is 1. The highest BCUT2D eigenvalue weighted by Crippen LogP contribution is 2.25. The SMILES string of the molecule is C=CCCCOc1nc(N)ccc1[N+](=O)[O-]. The summed E-state index contributed by atoms with van der Waals surface area (Å²) < 4.78 is 5.20. The van der Waals surface area contributed by atoms with E-state index in [0.29, 0.717) is 6.61 Å². The second kappa shape index (κ2) is 5.69. The van der Waals surface area contributed by atoms with E-state index in [2.05, 4.69) is 11.6 Å². The van der Waals surface area contributed by atoms with Gasteiger partial charge in [-0.05, 0) is 18.9 Å². The molecular formula is C10H13N3O3. The molecule has 0 aliphatic carbocycles. The fourth-order valence-corrected chi connectivity index (χ4v) is 1.09. The van der Waals surface area contributed by atoms with Gasteiger partial charge in [-0.1, -0.05) is 6.08 Å². The lowest BCUT2D eigenvalue weighted by atomic mass is 10.3. The molecule has 0 unspecified atom stereocenters. The first-order chi connectivity index (χ1) is 7.65. The van der Waals surface area contributed by atoms with Crippen LogP contribution in [0.4, 0.5) is 11.5 Å². The van der Waals surface area contributed by atoms with E-state index in [0.717, 1.165) is 12.8 Å². The number of nitrogens with two attached hydrogens (primary N) is 1. The number of hydrogen-bond acceptors (Lipinski definition) is 5. The summed E-state index contributed by atoms with van der Waals surface area (Å²) in [5.41, 5.74) is 5.25. The summed E-state index contributed by atoms with van der Waals surface area (Å²) in [5, 5.41) is 10.7. The van der Waals surface area contributed by atoms with Gasteiger partial charge in [0.25, 0.3) is 5.88 Å². The minimum atomic E-state index is -0.546. The van der Waals surface area contributed by atoms with E-state index in [9.17, 15) is 10.1 Å². The van der Waals surface area contributed by atoms with Crippen molar-refractivity contribution in [2.45, 2.75) is 12.8 Å². The number of nitrogen functional groups attached to an aromatic ring is 1. The molecule has 0 aliphatic heterocycles. The van der Waals surface area contributed by atoms with Gasteiger partial charge in [0.2, 0.25) is 0 Å². The van der Waals surface area contributed by atoms with Crippen LogP contribution in [-0.4, -0.2) is 16.5 Å². The van der Waals surface area contributed by atoms with Crippen LogP contribution in [0.15, 0.2) is 24.8 Å². The van der Waals surface area contributed by atoms with Crippen LogP contribution < -0.4 is 10.5 Å². The highest BCUT2D eigenvalue weighted by molar-refractivity contribution is 5.46. The second-order valence-electron chi connectivity index (χ2n) is 3.10. The second-order valence-corrected chi connectivity index (χ2v) is 3.10. The zero-order valence-electron chi connectivity index (χ0n) is 8.76. The van der Waals surface area contributed by atoms with Gasteiger partial charge >= 0.3 is 5.69 Å². The number of ether oxygens (including phenoxy) is 1. The third-order valence-corrected chi connectivity index (χ3v) is 1.85. The van der Waals surface area contributed by atoms with Gasteiger partial charge in [-0.3, -0.25) is 10.1 Å². The molecule has 0 atom stereocenters. The Balaban J connectivity index is 2.72. The summed E-state index contributed by atoms with van der Waals surface area (Å²) in [6, 6.07) is 2.65. The summed E-state index contributed by atoms with van der Waals surface area (Å²) in [6.07, 6.45) is 3.28. The van der Waals surface area contributed by atoms with Crippen molar-refractivity contribution in [1.29, 1.82) is 0 Å². The molecule has 0 aromatic carbocycles. The minimum Gasteiger partial charge on any atom is -0.473 e. The van der Waals surface area contributed by atoms with Crippen LogP contribution in [-0.2, 0) is 0 Å². The number of allylic oxidation sites excluding steroid dienone is 1. The van der Waals surface area contributed by atoms with Gasteiger partial charge in [-0.15, -0.1) is 6.58 Å². The maximum atomic E-state index is 10.7. The van der Waals surface area contributed by atoms with Crippen molar-refractivity contribution in [3.63, 3.8) is 0 Å². The highest BCUT2D eigenvalue weighted by atomic mass is 16.6. The van der Waals surface area contributed by atoms with Crippen LogP contribution in [0.2, 0.25) is 0 Å². The first-order valence-corrected chi connectivity index (χ1v) is 4.79. The summed E-state index contributed by atoms with van der Waals surface area (Å²) in [7, 11) is 0. The van der Waals surface area contributed by atoms with Crippen molar-refractivity contribution in [2.24, 2.45) is 0 Å². The molecular weight excluding hydrogens is 210 g/mol. The van der Waals surface area contributed by atoms with E-state index in [1.165, 1.54) is 12.1 Å². The lowest BCUT2D eigenvalue weighted by Crippen LogP contribution is -2.03. The molecule has 2 N–H and O–H groups in total. The third kappa shape index (κ3) is 3.23. The average molecular weight is 223 g/mol. The maximum absolute atomic E-state index is 10.7. The Morgan fingerprint density at radius 3 is 3.00 bits per heavy atom. The van der Waals surface area contributed by atoms with Gasteiger partial charge in [-0.2, -0.15) is 4.98 Å². The Bertz CT molecular complexity index is 393. The van der Waals surface area contributed by atoms with Crippen LogP contribution in [0.5, 0.6) is 5.88 Å². The molecule has 0 saturated carbocycles. The van der Waals surface area contributed by atoms with E-state index in [1.807, 2.05) is 0 Å². The van der Waals surface area contributed by atoms with Crippen molar-refractivity contribution >= 4 is 11.5 Å². The Morgan fingerprint density at radius 1 is 1.62 bits per heavy atom. The first-order valence-electron chi connectivity index (χ1n) is 4.79. The smallest absolute Gasteiger partial charge is 0.331 e. The molecule has 86 valence electrons.